The lowest BCUT2D eigenvalue weighted by Crippen LogP contribution is -2.35. The van der Waals surface area contributed by atoms with Crippen LogP contribution in [0.4, 0.5) is 0 Å². The second kappa shape index (κ2) is 6.74. The van der Waals surface area contributed by atoms with Gasteiger partial charge in [-0.1, -0.05) is 0 Å². The van der Waals surface area contributed by atoms with Crippen LogP contribution in [0.3, 0.4) is 0 Å². The van der Waals surface area contributed by atoms with Crippen LogP contribution in [-0.4, -0.2) is 32.8 Å². The fraction of sp³-hybridized carbons (Fsp3) is 0.357. The van der Waals surface area contributed by atoms with Gasteiger partial charge in [0.25, 0.3) is 0 Å². The third kappa shape index (κ3) is 4.48. The fourth-order valence-electron chi connectivity index (χ4n) is 1.91. The summed E-state index contributed by atoms with van der Waals surface area (Å²) in [4.78, 5) is 22.5. The first kappa shape index (κ1) is 14.8. The number of amides is 1. The normalized spacial score (nSPS) is 12.0. The number of aromatic carboxylic acids is 1. The van der Waals surface area contributed by atoms with Crippen LogP contribution in [0, 0.1) is 0 Å². The summed E-state index contributed by atoms with van der Waals surface area (Å²) < 4.78 is 6.53. The molecule has 2 heterocycles. The molecule has 0 spiro atoms. The van der Waals surface area contributed by atoms with E-state index in [1.165, 1.54) is 17.1 Å². The van der Waals surface area contributed by atoms with Crippen molar-refractivity contribution in [1.82, 2.24) is 15.1 Å². The zero-order valence-electron chi connectivity index (χ0n) is 11.7. The first-order chi connectivity index (χ1) is 10.0. The van der Waals surface area contributed by atoms with Gasteiger partial charge in [-0.2, -0.15) is 5.10 Å². The Balaban J connectivity index is 1.76. The maximum Gasteiger partial charge on any atom is 0.338 e. The lowest BCUT2D eigenvalue weighted by molar-refractivity contribution is -0.122. The predicted molar refractivity (Wildman–Crippen MR) is 73.8 cm³/mol. The monoisotopic (exact) mass is 291 g/mol. The van der Waals surface area contributed by atoms with E-state index in [0.717, 1.165) is 18.6 Å². The van der Waals surface area contributed by atoms with Gasteiger partial charge in [0.1, 0.15) is 12.3 Å². The number of carbonyl (C=O) groups excluding carboxylic acids is 1. The topological polar surface area (TPSA) is 97.4 Å². The SMILES string of the molecule is C[C@@H](CCc1ccco1)NC(=O)Cn1cc(C(=O)O)cn1. The second-order valence-corrected chi connectivity index (χ2v) is 4.82. The maximum atomic E-state index is 11.8. The van der Waals surface area contributed by atoms with Crippen LogP contribution in [0.25, 0.3) is 0 Å². The molecule has 0 bridgehead atoms. The average Bonchev–Trinajstić information content (AvgIpc) is 3.06. The van der Waals surface area contributed by atoms with Gasteiger partial charge in [0.05, 0.1) is 18.0 Å². The number of rotatable bonds is 7. The van der Waals surface area contributed by atoms with Crippen molar-refractivity contribution in [3.05, 3.63) is 42.1 Å². The Bertz CT molecular complexity index is 604. The molecule has 0 aliphatic heterocycles. The molecule has 7 nitrogen and oxygen atoms in total. The van der Waals surface area contributed by atoms with E-state index in [-0.39, 0.29) is 24.1 Å². The third-order valence-electron chi connectivity index (χ3n) is 3.00. The molecule has 112 valence electrons. The molecular formula is C14H17N3O4. The number of aromatic nitrogens is 2. The Labute approximate surface area is 121 Å². The first-order valence-electron chi connectivity index (χ1n) is 6.62. The Hall–Kier alpha value is -2.57. The van der Waals surface area contributed by atoms with E-state index < -0.39 is 5.97 Å². The Morgan fingerprint density at radius 2 is 2.33 bits per heavy atom. The highest BCUT2D eigenvalue weighted by molar-refractivity contribution is 5.87. The van der Waals surface area contributed by atoms with E-state index in [1.807, 2.05) is 19.1 Å². The van der Waals surface area contributed by atoms with Crippen molar-refractivity contribution in [3.8, 4) is 0 Å². The largest absolute Gasteiger partial charge is 0.478 e. The second-order valence-electron chi connectivity index (χ2n) is 4.82. The molecule has 0 unspecified atom stereocenters. The summed E-state index contributed by atoms with van der Waals surface area (Å²) in [5, 5.41) is 15.4. The average molecular weight is 291 g/mol. The van der Waals surface area contributed by atoms with Crippen molar-refractivity contribution in [2.45, 2.75) is 32.4 Å². The quantitative estimate of drug-likeness (QED) is 0.801. The van der Waals surface area contributed by atoms with Gasteiger partial charge in [0, 0.05) is 18.7 Å². The van der Waals surface area contributed by atoms with Crippen LogP contribution in [0.2, 0.25) is 0 Å². The van der Waals surface area contributed by atoms with Crippen molar-refractivity contribution in [2.75, 3.05) is 0 Å². The summed E-state index contributed by atoms with van der Waals surface area (Å²) in [5.74, 6) is -0.385. The zero-order valence-corrected chi connectivity index (χ0v) is 11.7. The summed E-state index contributed by atoms with van der Waals surface area (Å²) in [6.45, 7) is 1.91. The van der Waals surface area contributed by atoms with E-state index in [4.69, 9.17) is 9.52 Å². The smallest absolute Gasteiger partial charge is 0.338 e. The molecule has 1 atom stereocenters. The van der Waals surface area contributed by atoms with Crippen molar-refractivity contribution < 1.29 is 19.1 Å². The number of carbonyl (C=O) groups is 2. The third-order valence-corrected chi connectivity index (χ3v) is 3.00. The Kier molecular flexibility index (Phi) is 4.76. The summed E-state index contributed by atoms with van der Waals surface area (Å²) in [6, 6.07) is 3.72. The predicted octanol–water partition coefficient (Wildman–Crippen LogP) is 1.31. The van der Waals surface area contributed by atoms with Crippen molar-refractivity contribution >= 4 is 11.9 Å². The molecule has 7 heteroatoms. The lowest BCUT2D eigenvalue weighted by Gasteiger charge is -2.13. The molecule has 0 fully saturated rings. The standard InChI is InChI=1S/C14H17N3O4/c1-10(4-5-12-3-2-6-21-12)16-13(18)9-17-8-11(7-15-17)14(19)20/h2-3,6-8,10H,4-5,9H2,1H3,(H,16,18)(H,19,20)/t10-/m0/s1. The van der Waals surface area contributed by atoms with Crippen LogP contribution in [0.15, 0.2) is 35.2 Å². The molecule has 2 N–H and O–H groups in total. The van der Waals surface area contributed by atoms with Crippen molar-refractivity contribution in [3.63, 3.8) is 0 Å². The van der Waals surface area contributed by atoms with Crippen molar-refractivity contribution in [1.29, 1.82) is 0 Å². The minimum Gasteiger partial charge on any atom is -0.478 e. The minimum absolute atomic E-state index is 0.00162. The van der Waals surface area contributed by atoms with Gasteiger partial charge >= 0.3 is 5.97 Å². The van der Waals surface area contributed by atoms with Gasteiger partial charge in [-0.3, -0.25) is 9.48 Å². The molecule has 2 aromatic heterocycles. The summed E-state index contributed by atoms with van der Waals surface area (Å²) >= 11 is 0. The van der Waals surface area contributed by atoms with Gasteiger partial charge in [-0.05, 0) is 25.5 Å². The molecule has 0 aromatic carbocycles. The van der Waals surface area contributed by atoms with Crippen molar-refractivity contribution in [2.24, 2.45) is 0 Å². The minimum atomic E-state index is -1.06. The van der Waals surface area contributed by atoms with Crippen LogP contribution in [-0.2, 0) is 17.8 Å². The molecule has 0 aliphatic carbocycles. The first-order valence-corrected chi connectivity index (χ1v) is 6.62. The van der Waals surface area contributed by atoms with Gasteiger partial charge in [0.15, 0.2) is 0 Å². The van der Waals surface area contributed by atoms with Gasteiger partial charge in [0.2, 0.25) is 5.91 Å². The van der Waals surface area contributed by atoms with E-state index in [1.54, 1.807) is 6.26 Å². The van der Waals surface area contributed by atoms with Crippen LogP contribution in [0.1, 0.15) is 29.5 Å². The van der Waals surface area contributed by atoms with Gasteiger partial charge < -0.3 is 14.8 Å². The molecule has 0 aliphatic rings. The highest BCUT2D eigenvalue weighted by atomic mass is 16.4. The number of furan rings is 1. The molecule has 2 rings (SSSR count). The van der Waals surface area contributed by atoms with Gasteiger partial charge in [-0.25, -0.2) is 4.79 Å². The number of hydrogen-bond acceptors (Lipinski definition) is 4. The number of nitrogens with one attached hydrogen (secondary N) is 1. The summed E-state index contributed by atoms with van der Waals surface area (Å²) in [7, 11) is 0. The summed E-state index contributed by atoms with van der Waals surface area (Å²) in [6.07, 6.45) is 5.68. The molecule has 21 heavy (non-hydrogen) atoms. The number of hydrogen-bond donors (Lipinski definition) is 2. The molecule has 0 saturated carbocycles. The molecule has 2 aromatic rings. The number of carboxylic acid groups (broad SMARTS) is 1. The Morgan fingerprint density at radius 1 is 1.52 bits per heavy atom. The highest BCUT2D eigenvalue weighted by Crippen LogP contribution is 2.05. The number of nitrogens with zero attached hydrogens (tertiary/aromatic N) is 2. The zero-order chi connectivity index (χ0) is 15.2. The van der Waals surface area contributed by atoms with Crippen LogP contribution < -0.4 is 5.32 Å². The maximum absolute atomic E-state index is 11.8. The van der Waals surface area contributed by atoms with Crippen LogP contribution >= 0.6 is 0 Å². The molecule has 1 amide bonds. The van der Waals surface area contributed by atoms with E-state index in [0.29, 0.717) is 0 Å². The summed E-state index contributed by atoms with van der Waals surface area (Å²) in [5.41, 5.74) is 0.0636. The molecule has 0 radical (unpaired) electrons. The van der Waals surface area contributed by atoms with Gasteiger partial charge in [-0.15, -0.1) is 0 Å². The Morgan fingerprint density at radius 3 is 2.95 bits per heavy atom. The molecule has 0 saturated heterocycles. The number of carboxylic acids is 1. The van der Waals surface area contributed by atoms with E-state index in [2.05, 4.69) is 10.4 Å². The highest BCUT2D eigenvalue weighted by Gasteiger charge is 2.11. The lowest BCUT2D eigenvalue weighted by atomic mass is 10.1. The molecular weight excluding hydrogens is 274 g/mol. The van der Waals surface area contributed by atoms with E-state index >= 15 is 0 Å². The fourth-order valence-corrected chi connectivity index (χ4v) is 1.91. The van der Waals surface area contributed by atoms with Crippen LogP contribution in [0.5, 0.6) is 0 Å². The van der Waals surface area contributed by atoms with E-state index in [9.17, 15) is 9.59 Å². The number of aryl methyl sites for hydroxylation is 1.